The van der Waals surface area contributed by atoms with Crippen molar-refractivity contribution in [3.63, 3.8) is 0 Å². The molecule has 0 spiro atoms. The van der Waals surface area contributed by atoms with Crippen molar-refractivity contribution in [2.24, 2.45) is 0 Å². The lowest BCUT2D eigenvalue weighted by atomic mass is 9.95. The maximum absolute atomic E-state index is 11.8. The minimum absolute atomic E-state index is 0.114. The number of hydrogen-bond acceptors (Lipinski definition) is 3. The smallest absolute Gasteiger partial charge is 0.277 e. The normalized spacial score (nSPS) is 11.2. The Hall–Kier alpha value is -4.12. The lowest BCUT2D eigenvalue weighted by Crippen LogP contribution is -1.99. The molecule has 0 radical (unpaired) electrons. The van der Waals surface area contributed by atoms with E-state index in [2.05, 4.69) is 46.3 Å². The van der Waals surface area contributed by atoms with Crippen LogP contribution in [0, 0.1) is 17.0 Å². The van der Waals surface area contributed by atoms with Crippen LogP contribution in [-0.4, -0.2) is 16.5 Å². The maximum atomic E-state index is 11.8. The minimum Gasteiger partial charge on any atom is -0.388 e. The number of hydrogen-bond donors (Lipinski definition) is 1. The molecule has 0 amide bonds. The van der Waals surface area contributed by atoms with Gasteiger partial charge in [-0.25, -0.2) is 0 Å². The Balaban J connectivity index is 1.92. The second-order valence-corrected chi connectivity index (χ2v) is 7.58. The molecule has 31 heavy (non-hydrogen) atoms. The van der Waals surface area contributed by atoms with E-state index in [9.17, 15) is 10.1 Å². The third kappa shape index (κ3) is 2.94. The van der Waals surface area contributed by atoms with Crippen molar-refractivity contribution in [2.75, 3.05) is 12.4 Å². The SMILES string of the molecule is CNc1cc2c(cc1-c1c(C)cccc1[N+](=O)[O-])c1ccccc1n2-c1ccccc1. The largest absolute Gasteiger partial charge is 0.388 e. The molecular weight excluding hydrogens is 386 g/mol. The van der Waals surface area contributed by atoms with Crippen molar-refractivity contribution in [1.29, 1.82) is 0 Å². The Morgan fingerprint density at radius 3 is 2.32 bits per heavy atom. The fourth-order valence-corrected chi connectivity index (χ4v) is 4.44. The molecule has 0 saturated carbocycles. The van der Waals surface area contributed by atoms with Crippen LogP contribution in [0.1, 0.15) is 5.56 Å². The van der Waals surface area contributed by atoms with Crippen LogP contribution in [0.3, 0.4) is 0 Å². The highest BCUT2D eigenvalue weighted by Crippen LogP contribution is 2.42. The van der Waals surface area contributed by atoms with Crippen molar-refractivity contribution in [2.45, 2.75) is 6.92 Å². The van der Waals surface area contributed by atoms with Gasteiger partial charge < -0.3 is 9.88 Å². The molecule has 1 N–H and O–H groups in total. The highest BCUT2D eigenvalue weighted by Gasteiger charge is 2.22. The zero-order valence-corrected chi connectivity index (χ0v) is 17.3. The van der Waals surface area contributed by atoms with E-state index in [0.29, 0.717) is 5.56 Å². The van der Waals surface area contributed by atoms with Crippen LogP contribution in [0.4, 0.5) is 11.4 Å². The Labute approximate surface area is 179 Å². The van der Waals surface area contributed by atoms with E-state index in [1.807, 2.05) is 50.4 Å². The summed E-state index contributed by atoms with van der Waals surface area (Å²) in [6.45, 7) is 1.92. The molecule has 5 rings (SSSR count). The van der Waals surface area contributed by atoms with Gasteiger partial charge in [0.25, 0.3) is 5.69 Å². The first-order valence-electron chi connectivity index (χ1n) is 10.1. The Morgan fingerprint density at radius 2 is 1.58 bits per heavy atom. The van der Waals surface area contributed by atoms with E-state index in [1.54, 1.807) is 12.1 Å². The van der Waals surface area contributed by atoms with Crippen molar-refractivity contribution in [3.05, 3.63) is 101 Å². The Morgan fingerprint density at radius 1 is 0.839 bits per heavy atom. The van der Waals surface area contributed by atoms with Crippen LogP contribution in [0.5, 0.6) is 0 Å². The Kier molecular flexibility index (Phi) is 4.44. The standard InChI is InChI=1S/C26H21N3O2/c1-17-9-8-14-24(29(30)31)26(17)21-15-20-19-12-6-7-13-23(19)28(18-10-4-3-5-11-18)25(20)16-22(21)27-2/h3-16,27H,1-2H3. The van der Waals surface area contributed by atoms with Crippen LogP contribution < -0.4 is 5.32 Å². The number of anilines is 1. The van der Waals surface area contributed by atoms with Gasteiger partial charge >= 0.3 is 0 Å². The van der Waals surface area contributed by atoms with E-state index >= 15 is 0 Å². The number of nitro groups is 1. The van der Waals surface area contributed by atoms with Gasteiger partial charge in [-0.05, 0) is 42.8 Å². The summed E-state index contributed by atoms with van der Waals surface area (Å²) in [5.74, 6) is 0. The van der Waals surface area contributed by atoms with Crippen LogP contribution in [-0.2, 0) is 0 Å². The lowest BCUT2D eigenvalue weighted by Gasteiger charge is -2.14. The summed E-state index contributed by atoms with van der Waals surface area (Å²) < 4.78 is 2.24. The number of nitrogens with zero attached hydrogens (tertiary/aromatic N) is 2. The summed E-state index contributed by atoms with van der Waals surface area (Å²) in [5.41, 5.74) is 6.54. The first kappa shape index (κ1) is 18.9. The predicted molar refractivity (Wildman–Crippen MR) is 127 cm³/mol. The number of para-hydroxylation sites is 2. The second-order valence-electron chi connectivity index (χ2n) is 7.58. The van der Waals surface area contributed by atoms with Crippen molar-refractivity contribution in [1.82, 2.24) is 4.57 Å². The van der Waals surface area contributed by atoms with E-state index in [-0.39, 0.29) is 10.6 Å². The molecule has 0 unspecified atom stereocenters. The van der Waals surface area contributed by atoms with Gasteiger partial charge in [0.1, 0.15) is 0 Å². The molecule has 1 aromatic heterocycles. The van der Waals surface area contributed by atoms with Crippen molar-refractivity contribution < 1.29 is 4.92 Å². The molecule has 0 aliphatic rings. The van der Waals surface area contributed by atoms with Gasteiger partial charge in [-0.1, -0.05) is 48.5 Å². The van der Waals surface area contributed by atoms with Crippen LogP contribution >= 0.6 is 0 Å². The number of nitrogens with one attached hydrogen (secondary N) is 1. The molecule has 0 aliphatic heterocycles. The van der Waals surface area contributed by atoms with Gasteiger partial charge in [-0.15, -0.1) is 0 Å². The lowest BCUT2D eigenvalue weighted by molar-refractivity contribution is -0.384. The van der Waals surface area contributed by atoms with Crippen LogP contribution in [0.15, 0.2) is 84.9 Å². The first-order valence-corrected chi connectivity index (χ1v) is 10.1. The number of aromatic nitrogens is 1. The number of aryl methyl sites for hydroxylation is 1. The van der Waals surface area contributed by atoms with E-state index < -0.39 is 0 Å². The molecule has 0 bridgehead atoms. The fourth-order valence-electron chi connectivity index (χ4n) is 4.44. The fraction of sp³-hybridized carbons (Fsp3) is 0.0769. The molecule has 5 nitrogen and oxygen atoms in total. The molecule has 0 aliphatic carbocycles. The summed E-state index contributed by atoms with van der Waals surface area (Å²) in [7, 11) is 1.85. The molecule has 1 heterocycles. The van der Waals surface area contributed by atoms with Gasteiger partial charge in [0.05, 0.1) is 21.5 Å². The van der Waals surface area contributed by atoms with E-state index in [1.165, 1.54) is 0 Å². The molecule has 152 valence electrons. The van der Waals surface area contributed by atoms with Gasteiger partial charge in [0.15, 0.2) is 0 Å². The zero-order chi connectivity index (χ0) is 21.5. The molecule has 5 heteroatoms. The number of rotatable bonds is 4. The molecule has 4 aromatic carbocycles. The average molecular weight is 407 g/mol. The molecule has 0 atom stereocenters. The van der Waals surface area contributed by atoms with Gasteiger partial charge in [0, 0.05) is 40.8 Å². The third-order valence-electron chi connectivity index (χ3n) is 5.81. The quantitative estimate of drug-likeness (QED) is 0.266. The highest BCUT2D eigenvalue weighted by molar-refractivity contribution is 6.12. The molecule has 5 aromatic rings. The second kappa shape index (κ2) is 7.29. The number of nitro benzene ring substituents is 1. The van der Waals surface area contributed by atoms with Gasteiger partial charge in [-0.3, -0.25) is 10.1 Å². The Bertz CT molecular complexity index is 1450. The summed E-state index contributed by atoms with van der Waals surface area (Å²) in [6, 6.07) is 27.9. The van der Waals surface area contributed by atoms with Gasteiger partial charge in [0.2, 0.25) is 0 Å². The summed E-state index contributed by atoms with van der Waals surface area (Å²) in [4.78, 5) is 11.5. The molecule has 0 fully saturated rings. The number of benzene rings is 4. The molecule has 0 saturated heterocycles. The predicted octanol–water partition coefficient (Wildman–Crippen LogP) is 6.71. The third-order valence-corrected chi connectivity index (χ3v) is 5.81. The van der Waals surface area contributed by atoms with E-state index in [4.69, 9.17) is 0 Å². The topological polar surface area (TPSA) is 60.1 Å². The van der Waals surface area contributed by atoms with E-state index in [0.717, 1.165) is 44.3 Å². The van der Waals surface area contributed by atoms with Gasteiger partial charge in [-0.2, -0.15) is 0 Å². The average Bonchev–Trinajstić information content (AvgIpc) is 3.12. The highest BCUT2D eigenvalue weighted by atomic mass is 16.6. The summed E-state index contributed by atoms with van der Waals surface area (Å²) in [6.07, 6.45) is 0. The zero-order valence-electron chi connectivity index (χ0n) is 17.3. The minimum atomic E-state index is -0.306. The maximum Gasteiger partial charge on any atom is 0.277 e. The van der Waals surface area contributed by atoms with Crippen molar-refractivity contribution in [3.8, 4) is 16.8 Å². The monoisotopic (exact) mass is 407 g/mol. The first-order chi connectivity index (χ1) is 15.1. The number of fused-ring (bicyclic) bond motifs is 3. The van der Waals surface area contributed by atoms with Crippen molar-refractivity contribution >= 4 is 33.2 Å². The van der Waals surface area contributed by atoms with Crippen LogP contribution in [0.2, 0.25) is 0 Å². The summed E-state index contributed by atoms with van der Waals surface area (Å²) >= 11 is 0. The van der Waals surface area contributed by atoms with Crippen LogP contribution in [0.25, 0.3) is 38.6 Å². The molecular formula is C26H21N3O2. The summed E-state index contributed by atoms with van der Waals surface area (Å²) in [5, 5.41) is 17.2.